The lowest BCUT2D eigenvalue weighted by Gasteiger charge is -2.10. The van der Waals surface area contributed by atoms with Crippen molar-refractivity contribution in [2.45, 2.75) is 0 Å². The molecule has 1 aromatic carbocycles. The predicted molar refractivity (Wildman–Crippen MR) is 62.2 cm³/mol. The van der Waals surface area contributed by atoms with Gasteiger partial charge in [-0.1, -0.05) is 11.6 Å². The van der Waals surface area contributed by atoms with Gasteiger partial charge in [0.15, 0.2) is 0 Å². The first-order valence-electron chi connectivity index (χ1n) is 4.84. The van der Waals surface area contributed by atoms with E-state index in [2.05, 4.69) is 10.1 Å². The third kappa shape index (κ3) is 3.40. The number of likely N-dealkylation sites (N-methyl/N-ethyl adjacent to an activating group) is 1. The summed E-state index contributed by atoms with van der Waals surface area (Å²) in [5, 5.41) is 3.42. The number of ether oxygens (including phenoxy) is 2. The van der Waals surface area contributed by atoms with Crippen molar-refractivity contribution in [2.24, 2.45) is 0 Å². The molecule has 1 rings (SSSR count). The fourth-order valence-corrected chi connectivity index (χ4v) is 1.33. The van der Waals surface area contributed by atoms with E-state index < -0.39 is 5.97 Å². The van der Waals surface area contributed by atoms with Crippen molar-refractivity contribution in [3.63, 3.8) is 0 Å². The minimum absolute atomic E-state index is 0.339. The molecule has 16 heavy (non-hydrogen) atoms. The van der Waals surface area contributed by atoms with Gasteiger partial charge in [0.1, 0.15) is 17.9 Å². The van der Waals surface area contributed by atoms with Gasteiger partial charge in [-0.15, -0.1) is 0 Å². The van der Waals surface area contributed by atoms with Crippen LogP contribution < -0.4 is 10.1 Å². The second-order valence-corrected chi connectivity index (χ2v) is 3.52. The molecule has 0 saturated heterocycles. The average molecular weight is 244 g/mol. The average Bonchev–Trinajstić information content (AvgIpc) is 2.30. The molecule has 88 valence electrons. The molecule has 0 aromatic heterocycles. The first-order chi connectivity index (χ1) is 7.69. The van der Waals surface area contributed by atoms with Gasteiger partial charge >= 0.3 is 5.97 Å². The molecule has 0 aliphatic heterocycles. The highest BCUT2D eigenvalue weighted by molar-refractivity contribution is 6.31. The zero-order valence-corrected chi connectivity index (χ0v) is 10.0. The van der Waals surface area contributed by atoms with Crippen LogP contribution in [0, 0.1) is 0 Å². The van der Waals surface area contributed by atoms with E-state index in [0.717, 1.165) is 0 Å². The summed E-state index contributed by atoms with van der Waals surface area (Å²) in [6.07, 6.45) is 0. The first-order valence-corrected chi connectivity index (χ1v) is 5.22. The number of methoxy groups -OCH3 is 1. The van der Waals surface area contributed by atoms with E-state index >= 15 is 0 Å². The van der Waals surface area contributed by atoms with Crippen LogP contribution >= 0.6 is 11.6 Å². The molecule has 0 aliphatic rings. The Bertz CT molecular complexity index is 368. The Morgan fingerprint density at radius 1 is 1.50 bits per heavy atom. The van der Waals surface area contributed by atoms with Gasteiger partial charge in [0.2, 0.25) is 0 Å². The van der Waals surface area contributed by atoms with Crippen LogP contribution in [0.1, 0.15) is 10.4 Å². The van der Waals surface area contributed by atoms with Gasteiger partial charge in [-0.25, -0.2) is 4.79 Å². The van der Waals surface area contributed by atoms with Crippen molar-refractivity contribution in [3.05, 3.63) is 28.8 Å². The fraction of sp³-hybridized carbons (Fsp3) is 0.364. The van der Waals surface area contributed by atoms with Crippen molar-refractivity contribution >= 4 is 17.6 Å². The zero-order chi connectivity index (χ0) is 12.0. The van der Waals surface area contributed by atoms with Crippen LogP contribution in [-0.4, -0.2) is 33.3 Å². The van der Waals surface area contributed by atoms with Crippen LogP contribution in [0.5, 0.6) is 5.75 Å². The minimum Gasteiger partial charge on any atom is -0.491 e. The quantitative estimate of drug-likeness (QED) is 0.632. The van der Waals surface area contributed by atoms with Crippen LogP contribution in [0.15, 0.2) is 18.2 Å². The molecule has 0 amide bonds. The summed E-state index contributed by atoms with van der Waals surface area (Å²) in [7, 11) is 3.15. The van der Waals surface area contributed by atoms with Crippen LogP contribution in [-0.2, 0) is 4.74 Å². The number of hydrogen-bond donors (Lipinski definition) is 1. The van der Waals surface area contributed by atoms with Crippen LogP contribution in [0.2, 0.25) is 5.02 Å². The van der Waals surface area contributed by atoms with Gasteiger partial charge in [0, 0.05) is 11.6 Å². The molecule has 0 atom stereocenters. The summed E-state index contributed by atoms with van der Waals surface area (Å²) >= 11 is 5.80. The Kier molecular flexibility index (Phi) is 5.08. The molecule has 1 N–H and O–H groups in total. The lowest BCUT2D eigenvalue weighted by atomic mass is 10.2. The lowest BCUT2D eigenvalue weighted by Crippen LogP contribution is -2.17. The van der Waals surface area contributed by atoms with Gasteiger partial charge in [-0.2, -0.15) is 0 Å². The second-order valence-electron chi connectivity index (χ2n) is 3.08. The summed E-state index contributed by atoms with van der Waals surface area (Å²) < 4.78 is 10.1. The molecular weight excluding hydrogens is 230 g/mol. The maximum atomic E-state index is 11.4. The predicted octanol–water partition coefficient (Wildman–Crippen LogP) is 1.72. The number of nitrogens with one attached hydrogen (secondary N) is 1. The normalized spacial score (nSPS) is 9.94. The molecule has 0 unspecified atom stereocenters. The van der Waals surface area contributed by atoms with Gasteiger partial charge in [-0.05, 0) is 25.2 Å². The summed E-state index contributed by atoms with van der Waals surface area (Å²) in [6, 6.07) is 4.86. The lowest BCUT2D eigenvalue weighted by molar-refractivity contribution is 0.0596. The van der Waals surface area contributed by atoms with E-state index in [1.54, 1.807) is 12.1 Å². The minimum atomic E-state index is -0.457. The van der Waals surface area contributed by atoms with Crippen molar-refractivity contribution in [2.75, 3.05) is 27.3 Å². The third-order valence-corrected chi connectivity index (χ3v) is 2.19. The molecule has 4 nitrogen and oxygen atoms in total. The standard InChI is InChI=1S/C11H14ClNO3/c1-13-5-6-16-10-4-3-8(12)7-9(10)11(14)15-2/h3-4,7,13H,5-6H2,1-2H3. The van der Waals surface area contributed by atoms with E-state index in [-0.39, 0.29) is 0 Å². The van der Waals surface area contributed by atoms with E-state index in [0.29, 0.717) is 29.5 Å². The highest BCUT2D eigenvalue weighted by Gasteiger charge is 2.13. The first kappa shape index (κ1) is 12.8. The highest BCUT2D eigenvalue weighted by Crippen LogP contribution is 2.23. The molecule has 0 radical (unpaired) electrons. The van der Waals surface area contributed by atoms with Gasteiger partial charge in [0.05, 0.1) is 7.11 Å². The van der Waals surface area contributed by atoms with Crippen LogP contribution in [0.3, 0.4) is 0 Å². The summed E-state index contributed by atoms with van der Waals surface area (Å²) in [5.41, 5.74) is 0.339. The number of carbonyl (C=O) groups is 1. The number of carbonyl (C=O) groups excluding carboxylic acids is 1. The van der Waals surface area contributed by atoms with E-state index in [4.69, 9.17) is 16.3 Å². The van der Waals surface area contributed by atoms with Crippen LogP contribution in [0.4, 0.5) is 0 Å². The molecule has 0 saturated carbocycles. The number of benzene rings is 1. The van der Waals surface area contributed by atoms with Gasteiger partial charge in [-0.3, -0.25) is 0 Å². The van der Waals surface area contributed by atoms with E-state index in [9.17, 15) is 4.79 Å². The van der Waals surface area contributed by atoms with E-state index in [1.165, 1.54) is 13.2 Å². The third-order valence-electron chi connectivity index (χ3n) is 1.96. The summed E-state index contributed by atoms with van der Waals surface area (Å²) in [5.74, 6) is 0.0217. The summed E-state index contributed by atoms with van der Waals surface area (Å²) in [6.45, 7) is 1.17. The van der Waals surface area contributed by atoms with Crippen molar-refractivity contribution in [1.29, 1.82) is 0 Å². The monoisotopic (exact) mass is 243 g/mol. The van der Waals surface area contributed by atoms with Crippen molar-refractivity contribution in [3.8, 4) is 5.75 Å². The molecule has 5 heteroatoms. The fourth-order valence-electron chi connectivity index (χ4n) is 1.16. The maximum Gasteiger partial charge on any atom is 0.341 e. The van der Waals surface area contributed by atoms with E-state index in [1.807, 2.05) is 7.05 Å². The van der Waals surface area contributed by atoms with Gasteiger partial charge in [0.25, 0.3) is 0 Å². The maximum absolute atomic E-state index is 11.4. The molecule has 0 heterocycles. The summed E-state index contributed by atoms with van der Waals surface area (Å²) in [4.78, 5) is 11.4. The largest absolute Gasteiger partial charge is 0.491 e. The Balaban J connectivity index is 2.85. The SMILES string of the molecule is CNCCOc1ccc(Cl)cc1C(=O)OC. The Labute approximate surface area is 99.5 Å². The topological polar surface area (TPSA) is 47.6 Å². The molecule has 0 fully saturated rings. The number of esters is 1. The molecule has 0 aliphatic carbocycles. The highest BCUT2D eigenvalue weighted by atomic mass is 35.5. The molecule has 0 spiro atoms. The molecule has 1 aromatic rings. The Morgan fingerprint density at radius 3 is 2.88 bits per heavy atom. The molecular formula is C11H14ClNO3. The van der Waals surface area contributed by atoms with Gasteiger partial charge < -0.3 is 14.8 Å². The smallest absolute Gasteiger partial charge is 0.341 e. The van der Waals surface area contributed by atoms with Crippen LogP contribution in [0.25, 0.3) is 0 Å². The number of rotatable bonds is 5. The second kappa shape index (κ2) is 6.35. The number of halogens is 1. The Hall–Kier alpha value is -1.26. The van der Waals surface area contributed by atoms with Crippen molar-refractivity contribution in [1.82, 2.24) is 5.32 Å². The number of hydrogen-bond acceptors (Lipinski definition) is 4. The Morgan fingerprint density at radius 2 is 2.25 bits per heavy atom. The van der Waals surface area contributed by atoms with Crippen molar-refractivity contribution < 1.29 is 14.3 Å². The zero-order valence-electron chi connectivity index (χ0n) is 9.25. The molecule has 0 bridgehead atoms.